The van der Waals surface area contributed by atoms with E-state index in [1.165, 1.54) is 11.1 Å². The average molecular weight is 356 g/mol. The summed E-state index contributed by atoms with van der Waals surface area (Å²) in [6.07, 6.45) is 3.78. The number of methoxy groups -OCH3 is 1. The zero-order chi connectivity index (χ0) is 18.1. The van der Waals surface area contributed by atoms with Gasteiger partial charge in [0, 0.05) is 17.0 Å². The standard InChI is InChI=1S/C19H24N4O3/c1-23-8-7-19-11-4-5-12(21-22-18(20)24)17(19)26-16-14(25-2)6-3-10(15(16)19)9-13(11)23/h3,6,11,13,17H,4-5,7-9H2,1-2H3,(H3,20,22,24)/b21-12+/t11-,13+,17?,19-/m0/s1. The number of amides is 2. The summed E-state index contributed by atoms with van der Waals surface area (Å²) in [6.45, 7) is 1.04. The summed E-state index contributed by atoms with van der Waals surface area (Å²) in [5, 5.41) is 4.33. The van der Waals surface area contributed by atoms with E-state index in [2.05, 4.69) is 28.5 Å². The molecule has 0 radical (unpaired) electrons. The zero-order valence-corrected chi connectivity index (χ0v) is 15.1. The Morgan fingerprint density at radius 2 is 2.35 bits per heavy atom. The fourth-order valence-electron chi connectivity index (χ4n) is 5.93. The summed E-state index contributed by atoms with van der Waals surface area (Å²) < 4.78 is 12.1. The summed E-state index contributed by atoms with van der Waals surface area (Å²) in [6, 6.07) is 4.08. The highest BCUT2D eigenvalue weighted by Gasteiger charge is 2.65. The van der Waals surface area contributed by atoms with E-state index in [4.69, 9.17) is 15.2 Å². The molecule has 5 rings (SSSR count). The number of benzene rings is 1. The molecule has 1 spiro atoms. The van der Waals surface area contributed by atoms with Gasteiger partial charge in [-0.15, -0.1) is 0 Å². The van der Waals surface area contributed by atoms with Crippen LogP contribution in [-0.2, 0) is 11.8 Å². The van der Waals surface area contributed by atoms with E-state index in [9.17, 15) is 4.79 Å². The van der Waals surface area contributed by atoms with Crippen molar-refractivity contribution in [3.05, 3.63) is 23.3 Å². The van der Waals surface area contributed by atoms with Crippen LogP contribution in [0.15, 0.2) is 17.2 Å². The normalized spacial score (nSPS) is 35.6. The van der Waals surface area contributed by atoms with Crippen molar-refractivity contribution in [3.8, 4) is 11.5 Å². The lowest BCUT2D eigenvalue weighted by Gasteiger charge is -2.57. The van der Waals surface area contributed by atoms with Gasteiger partial charge in [-0.25, -0.2) is 10.2 Å². The first-order valence-electron chi connectivity index (χ1n) is 9.25. The fraction of sp³-hybridized carbons (Fsp3) is 0.579. The minimum Gasteiger partial charge on any atom is -0.493 e. The fourth-order valence-corrected chi connectivity index (χ4v) is 5.93. The Labute approximate surface area is 152 Å². The van der Waals surface area contributed by atoms with Crippen LogP contribution >= 0.6 is 0 Å². The Morgan fingerprint density at radius 3 is 3.12 bits per heavy atom. The van der Waals surface area contributed by atoms with Crippen molar-refractivity contribution in [2.45, 2.75) is 43.2 Å². The van der Waals surface area contributed by atoms with Crippen molar-refractivity contribution >= 4 is 11.7 Å². The number of urea groups is 1. The van der Waals surface area contributed by atoms with Crippen molar-refractivity contribution in [3.63, 3.8) is 0 Å². The predicted octanol–water partition coefficient (Wildman–Crippen LogP) is 1.39. The van der Waals surface area contributed by atoms with Crippen LogP contribution in [0, 0.1) is 5.92 Å². The maximum atomic E-state index is 11.2. The van der Waals surface area contributed by atoms with Crippen LogP contribution < -0.4 is 20.6 Å². The molecule has 1 aromatic rings. The molecule has 2 amide bonds. The molecule has 4 atom stereocenters. The number of likely N-dealkylation sites (N-methyl/N-ethyl adjacent to an activating group) is 1. The smallest absolute Gasteiger partial charge is 0.332 e. The summed E-state index contributed by atoms with van der Waals surface area (Å²) in [4.78, 5) is 13.7. The molecular weight excluding hydrogens is 332 g/mol. The van der Waals surface area contributed by atoms with Crippen molar-refractivity contribution in [1.82, 2.24) is 10.3 Å². The molecule has 1 aromatic carbocycles. The number of likely N-dealkylation sites (tertiary alicyclic amines) is 1. The summed E-state index contributed by atoms with van der Waals surface area (Å²) in [5.74, 6) is 2.18. The van der Waals surface area contributed by atoms with Gasteiger partial charge in [-0.05, 0) is 56.8 Å². The van der Waals surface area contributed by atoms with E-state index in [-0.39, 0.29) is 11.5 Å². The van der Waals surface area contributed by atoms with Crippen LogP contribution in [0.5, 0.6) is 11.5 Å². The van der Waals surface area contributed by atoms with Gasteiger partial charge in [-0.1, -0.05) is 6.07 Å². The number of piperidine rings is 1. The maximum Gasteiger partial charge on any atom is 0.332 e. The Balaban J connectivity index is 1.70. The molecule has 1 saturated heterocycles. The SMILES string of the molecule is COc1ccc2c3c1OC1/C(=N/NC(N)=O)CC[C@H]4[C@@H](C2)N(C)CC[C@]314. The number of ether oxygens (including phenoxy) is 2. The molecular formula is C19H24N4O3. The quantitative estimate of drug-likeness (QED) is 0.784. The Hall–Kier alpha value is -2.28. The van der Waals surface area contributed by atoms with Crippen LogP contribution in [0.3, 0.4) is 0 Å². The number of nitrogens with two attached hydrogens (primary N) is 1. The molecule has 0 aromatic heterocycles. The van der Waals surface area contributed by atoms with E-state index in [1.807, 2.05) is 6.07 Å². The topological polar surface area (TPSA) is 89.2 Å². The zero-order valence-electron chi connectivity index (χ0n) is 15.1. The van der Waals surface area contributed by atoms with E-state index < -0.39 is 6.03 Å². The van der Waals surface area contributed by atoms with Gasteiger partial charge in [0.05, 0.1) is 12.8 Å². The Bertz CT molecular complexity index is 823. The van der Waals surface area contributed by atoms with E-state index in [0.717, 1.165) is 49.4 Å². The number of nitrogens with one attached hydrogen (secondary N) is 1. The van der Waals surface area contributed by atoms with Gasteiger partial charge >= 0.3 is 6.03 Å². The minimum absolute atomic E-state index is 0.0783. The van der Waals surface area contributed by atoms with Gasteiger partial charge in [0.25, 0.3) is 0 Å². The molecule has 1 saturated carbocycles. The average Bonchev–Trinajstić information content (AvgIpc) is 2.98. The van der Waals surface area contributed by atoms with Crippen molar-refractivity contribution < 1.29 is 14.3 Å². The highest BCUT2D eigenvalue weighted by Crippen LogP contribution is 2.63. The summed E-state index contributed by atoms with van der Waals surface area (Å²) >= 11 is 0. The molecule has 2 bridgehead atoms. The number of primary amides is 1. The molecule has 138 valence electrons. The van der Waals surface area contributed by atoms with Crippen LogP contribution in [0.2, 0.25) is 0 Å². The third kappa shape index (κ3) is 1.86. The van der Waals surface area contributed by atoms with E-state index in [0.29, 0.717) is 12.0 Å². The molecule has 4 aliphatic rings. The van der Waals surface area contributed by atoms with Gasteiger partial charge in [-0.2, -0.15) is 5.10 Å². The molecule has 26 heavy (non-hydrogen) atoms. The first-order chi connectivity index (χ1) is 12.6. The second-order valence-electron chi connectivity index (χ2n) is 7.90. The number of carbonyl (C=O) groups is 1. The highest BCUT2D eigenvalue weighted by atomic mass is 16.5. The predicted molar refractivity (Wildman–Crippen MR) is 96.7 cm³/mol. The monoisotopic (exact) mass is 356 g/mol. The number of hydrogen-bond acceptors (Lipinski definition) is 5. The van der Waals surface area contributed by atoms with Crippen molar-refractivity contribution in [2.75, 3.05) is 20.7 Å². The number of rotatable bonds is 2. The summed E-state index contributed by atoms with van der Waals surface area (Å²) in [7, 11) is 3.92. The lowest BCUT2D eigenvalue weighted by atomic mass is 9.51. The second-order valence-corrected chi connectivity index (χ2v) is 7.90. The molecule has 1 unspecified atom stereocenters. The number of nitrogens with zero attached hydrogens (tertiary/aromatic N) is 2. The van der Waals surface area contributed by atoms with Gasteiger partial charge < -0.3 is 20.1 Å². The molecule has 2 aliphatic carbocycles. The lowest BCUT2D eigenvalue weighted by molar-refractivity contribution is -0.00704. The van der Waals surface area contributed by atoms with Gasteiger partial charge in [0.15, 0.2) is 11.5 Å². The number of hydrazone groups is 1. The first kappa shape index (κ1) is 15.9. The molecule has 2 aliphatic heterocycles. The first-order valence-corrected chi connectivity index (χ1v) is 9.25. The minimum atomic E-state index is -0.643. The van der Waals surface area contributed by atoms with Crippen LogP contribution in [-0.4, -0.2) is 49.5 Å². The third-order valence-corrected chi connectivity index (χ3v) is 6.92. The number of hydrogen-bond donors (Lipinski definition) is 2. The lowest BCUT2D eigenvalue weighted by Crippen LogP contribution is -2.65. The van der Waals surface area contributed by atoms with Gasteiger partial charge in [0.2, 0.25) is 0 Å². The third-order valence-electron chi connectivity index (χ3n) is 6.92. The molecule has 2 heterocycles. The van der Waals surface area contributed by atoms with E-state index >= 15 is 0 Å². The Morgan fingerprint density at radius 1 is 1.50 bits per heavy atom. The van der Waals surface area contributed by atoms with Crippen LogP contribution in [0.1, 0.15) is 30.4 Å². The number of carbonyl (C=O) groups excluding carboxylic acids is 1. The molecule has 3 N–H and O–H groups in total. The van der Waals surface area contributed by atoms with E-state index in [1.54, 1.807) is 7.11 Å². The molecule has 7 heteroatoms. The van der Waals surface area contributed by atoms with Crippen molar-refractivity contribution in [1.29, 1.82) is 0 Å². The highest BCUT2D eigenvalue weighted by molar-refractivity contribution is 5.94. The van der Waals surface area contributed by atoms with Crippen molar-refractivity contribution in [2.24, 2.45) is 16.8 Å². The Kier molecular flexibility index (Phi) is 3.28. The van der Waals surface area contributed by atoms with Gasteiger partial charge in [-0.3, -0.25) is 0 Å². The molecule has 2 fully saturated rings. The van der Waals surface area contributed by atoms with Crippen LogP contribution in [0.25, 0.3) is 0 Å². The van der Waals surface area contributed by atoms with Crippen LogP contribution in [0.4, 0.5) is 4.79 Å². The molecule has 7 nitrogen and oxygen atoms in total. The maximum absolute atomic E-state index is 11.2. The second kappa shape index (κ2) is 5.36. The summed E-state index contributed by atoms with van der Waals surface area (Å²) in [5.41, 5.74) is 11.1. The largest absolute Gasteiger partial charge is 0.493 e. The van der Waals surface area contributed by atoms with Gasteiger partial charge in [0.1, 0.15) is 6.10 Å².